The molecule has 0 unspecified atom stereocenters. The molecule has 0 radical (unpaired) electrons. The van der Waals surface area contributed by atoms with Gasteiger partial charge in [0.1, 0.15) is 5.82 Å². The first-order chi connectivity index (χ1) is 11.1. The van der Waals surface area contributed by atoms with Gasteiger partial charge in [0.25, 0.3) is 0 Å². The SMILES string of the molecule is CN=C(NCCCCSC)NCc1ccc(F)c(CN(C)C)c1. The Morgan fingerprint density at radius 1 is 1.26 bits per heavy atom. The number of unbranched alkanes of at least 4 members (excludes halogenated alkanes) is 1. The standard InChI is InChI=1S/C17H29FN4S/c1-19-17(20-9-5-6-10-23-4)21-12-14-7-8-16(18)15(11-14)13-22(2)3/h7-8,11H,5-6,9-10,12-13H2,1-4H3,(H2,19,20,21). The Hall–Kier alpha value is -1.27. The van der Waals surface area contributed by atoms with Crippen LogP contribution in [-0.4, -0.2) is 50.6 Å². The van der Waals surface area contributed by atoms with E-state index in [9.17, 15) is 4.39 Å². The molecule has 0 amide bonds. The number of hydrogen-bond acceptors (Lipinski definition) is 3. The number of rotatable bonds is 9. The molecule has 0 aliphatic heterocycles. The van der Waals surface area contributed by atoms with Gasteiger partial charge in [-0.1, -0.05) is 6.07 Å². The quantitative estimate of drug-likeness (QED) is 0.412. The average molecular weight is 341 g/mol. The van der Waals surface area contributed by atoms with Crippen LogP contribution < -0.4 is 10.6 Å². The molecule has 1 rings (SSSR count). The van der Waals surface area contributed by atoms with Crippen molar-refractivity contribution in [3.63, 3.8) is 0 Å². The van der Waals surface area contributed by atoms with Crippen LogP contribution in [0.1, 0.15) is 24.0 Å². The largest absolute Gasteiger partial charge is 0.356 e. The molecule has 0 spiro atoms. The van der Waals surface area contributed by atoms with Crippen LogP contribution in [0.3, 0.4) is 0 Å². The lowest BCUT2D eigenvalue weighted by atomic mass is 10.1. The van der Waals surface area contributed by atoms with Crippen molar-refractivity contribution in [1.82, 2.24) is 15.5 Å². The molecule has 0 fully saturated rings. The van der Waals surface area contributed by atoms with Gasteiger partial charge in [-0.25, -0.2) is 4.39 Å². The Kier molecular flexibility index (Phi) is 9.71. The summed E-state index contributed by atoms with van der Waals surface area (Å²) in [5.74, 6) is 1.82. The minimum atomic E-state index is -0.154. The minimum Gasteiger partial charge on any atom is -0.356 e. The Labute approximate surface area is 143 Å². The topological polar surface area (TPSA) is 39.7 Å². The lowest BCUT2D eigenvalue weighted by Gasteiger charge is -2.14. The number of hydrogen-bond donors (Lipinski definition) is 2. The number of nitrogens with zero attached hydrogens (tertiary/aromatic N) is 2. The van der Waals surface area contributed by atoms with E-state index in [1.165, 1.54) is 18.2 Å². The second-order valence-corrected chi connectivity index (χ2v) is 6.70. The summed E-state index contributed by atoms with van der Waals surface area (Å²) in [4.78, 5) is 6.18. The summed E-state index contributed by atoms with van der Waals surface area (Å²) >= 11 is 1.87. The fourth-order valence-corrected chi connectivity index (χ4v) is 2.68. The number of nitrogens with one attached hydrogen (secondary N) is 2. The summed E-state index contributed by atoms with van der Waals surface area (Å²) in [6, 6.07) is 5.26. The molecule has 0 aromatic heterocycles. The second-order valence-electron chi connectivity index (χ2n) is 5.72. The van der Waals surface area contributed by atoms with E-state index in [4.69, 9.17) is 0 Å². The molecule has 23 heavy (non-hydrogen) atoms. The first-order valence-electron chi connectivity index (χ1n) is 7.92. The van der Waals surface area contributed by atoms with Crippen molar-refractivity contribution in [3.05, 3.63) is 35.1 Å². The Balaban J connectivity index is 2.46. The summed E-state index contributed by atoms with van der Waals surface area (Å²) < 4.78 is 13.8. The van der Waals surface area contributed by atoms with Crippen LogP contribution in [0.5, 0.6) is 0 Å². The zero-order valence-electron chi connectivity index (χ0n) is 14.7. The predicted molar refractivity (Wildman–Crippen MR) is 99.6 cm³/mol. The highest BCUT2D eigenvalue weighted by Crippen LogP contribution is 2.12. The molecule has 1 aromatic carbocycles. The van der Waals surface area contributed by atoms with E-state index < -0.39 is 0 Å². The number of thioether (sulfide) groups is 1. The molecule has 4 nitrogen and oxygen atoms in total. The molecule has 0 atom stereocenters. The molecule has 0 heterocycles. The van der Waals surface area contributed by atoms with Gasteiger partial charge in [-0.15, -0.1) is 0 Å². The van der Waals surface area contributed by atoms with Crippen LogP contribution in [0, 0.1) is 5.82 Å². The molecular weight excluding hydrogens is 311 g/mol. The number of benzene rings is 1. The number of guanidine groups is 1. The fourth-order valence-electron chi connectivity index (χ4n) is 2.18. The smallest absolute Gasteiger partial charge is 0.191 e. The summed E-state index contributed by atoms with van der Waals surface area (Å²) in [5, 5.41) is 6.58. The first-order valence-corrected chi connectivity index (χ1v) is 9.31. The first kappa shape index (κ1) is 19.8. The molecule has 1 aromatic rings. The third-order valence-corrected chi connectivity index (χ3v) is 4.04. The highest BCUT2D eigenvalue weighted by Gasteiger charge is 2.05. The lowest BCUT2D eigenvalue weighted by molar-refractivity contribution is 0.392. The van der Waals surface area contributed by atoms with E-state index in [0.717, 1.165) is 24.5 Å². The summed E-state index contributed by atoms with van der Waals surface area (Å²) in [7, 11) is 5.64. The van der Waals surface area contributed by atoms with Crippen LogP contribution in [0.25, 0.3) is 0 Å². The van der Waals surface area contributed by atoms with E-state index in [0.29, 0.717) is 18.7 Å². The fraction of sp³-hybridized carbons (Fsp3) is 0.588. The normalized spacial score (nSPS) is 11.8. The van der Waals surface area contributed by atoms with Crippen molar-refractivity contribution in [2.45, 2.75) is 25.9 Å². The zero-order valence-corrected chi connectivity index (χ0v) is 15.5. The maximum atomic E-state index is 13.8. The van der Waals surface area contributed by atoms with Crippen molar-refractivity contribution in [2.24, 2.45) is 4.99 Å². The van der Waals surface area contributed by atoms with Crippen LogP contribution in [0.4, 0.5) is 4.39 Å². The highest BCUT2D eigenvalue weighted by atomic mass is 32.2. The van der Waals surface area contributed by atoms with Gasteiger partial charge in [0.05, 0.1) is 0 Å². The van der Waals surface area contributed by atoms with Gasteiger partial charge in [0.2, 0.25) is 0 Å². The van der Waals surface area contributed by atoms with E-state index >= 15 is 0 Å². The van der Waals surface area contributed by atoms with Crippen molar-refractivity contribution >= 4 is 17.7 Å². The highest BCUT2D eigenvalue weighted by molar-refractivity contribution is 7.98. The molecule has 130 valence electrons. The number of aliphatic imine (C=N–C) groups is 1. The Morgan fingerprint density at radius 2 is 2.04 bits per heavy atom. The average Bonchev–Trinajstić information content (AvgIpc) is 2.52. The van der Waals surface area contributed by atoms with Crippen LogP contribution in [0.2, 0.25) is 0 Å². The van der Waals surface area contributed by atoms with Gasteiger partial charge >= 0.3 is 0 Å². The Morgan fingerprint density at radius 3 is 2.70 bits per heavy atom. The third-order valence-electron chi connectivity index (χ3n) is 3.35. The summed E-state index contributed by atoms with van der Waals surface area (Å²) in [6.45, 7) is 2.14. The van der Waals surface area contributed by atoms with Crippen LogP contribution in [0.15, 0.2) is 23.2 Å². The van der Waals surface area contributed by atoms with E-state index in [1.807, 2.05) is 42.9 Å². The molecule has 2 N–H and O–H groups in total. The van der Waals surface area contributed by atoms with Gasteiger partial charge < -0.3 is 15.5 Å². The van der Waals surface area contributed by atoms with Gasteiger partial charge in [-0.3, -0.25) is 4.99 Å². The molecule has 0 saturated carbocycles. The monoisotopic (exact) mass is 340 g/mol. The van der Waals surface area contributed by atoms with Gasteiger partial charge in [-0.05, 0) is 56.6 Å². The molecule has 0 aliphatic carbocycles. The lowest BCUT2D eigenvalue weighted by Crippen LogP contribution is -2.37. The second kappa shape index (κ2) is 11.3. The third kappa shape index (κ3) is 8.23. The molecule has 6 heteroatoms. The van der Waals surface area contributed by atoms with Gasteiger partial charge in [-0.2, -0.15) is 11.8 Å². The van der Waals surface area contributed by atoms with Gasteiger partial charge in [0, 0.05) is 32.2 Å². The maximum absolute atomic E-state index is 13.8. The molecule has 0 aliphatic rings. The van der Waals surface area contributed by atoms with Crippen LogP contribution >= 0.6 is 11.8 Å². The van der Waals surface area contributed by atoms with E-state index in [2.05, 4.69) is 21.9 Å². The summed E-state index contributed by atoms with van der Waals surface area (Å²) in [5.41, 5.74) is 1.77. The molecule has 0 bridgehead atoms. The maximum Gasteiger partial charge on any atom is 0.191 e. The van der Waals surface area contributed by atoms with Crippen molar-refractivity contribution in [2.75, 3.05) is 39.7 Å². The number of halogens is 1. The molecular formula is C17H29FN4S. The van der Waals surface area contributed by atoms with Crippen LogP contribution in [-0.2, 0) is 13.1 Å². The molecule has 0 saturated heterocycles. The summed E-state index contributed by atoms with van der Waals surface area (Å²) in [6.07, 6.45) is 4.46. The minimum absolute atomic E-state index is 0.154. The van der Waals surface area contributed by atoms with E-state index in [1.54, 1.807) is 7.05 Å². The Bertz CT molecular complexity index is 491. The van der Waals surface area contributed by atoms with Crippen molar-refractivity contribution in [1.29, 1.82) is 0 Å². The van der Waals surface area contributed by atoms with E-state index in [-0.39, 0.29) is 5.82 Å². The van der Waals surface area contributed by atoms with Crippen molar-refractivity contribution in [3.8, 4) is 0 Å². The predicted octanol–water partition coefficient (Wildman–Crippen LogP) is 2.70. The van der Waals surface area contributed by atoms with Crippen molar-refractivity contribution < 1.29 is 4.39 Å². The van der Waals surface area contributed by atoms with Gasteiger partial charge in [0.15, 0.2) is 5.96 Å². The zero-order chi connectivity index (χ0) is 17.1.